The van der Waals surface area contributed by atoms with E-state index in [-0.39, 0.29) is 17.9 Å². The summed E-state index contributed by atoms with van der Waals surface area (Å²) in [4.78, 5) is 12.3. The highest BCUT2D eigenvalue weighted by Crippen LogP contribution is 2.67. The summed E-state index contributed by atoms with van der Waals surface area (Å²) in [5.74, 6) is 1.59. The summed E-state index contributed by atoms with van der Waals surface area (Å²) in [5.41, 5.74) is 0.829. The van der Waals surface area contributed by atoms with Gasteiger partial charge in [0.25, 0.3) is 0 Å². The summed E-state index contributed by atoms with van der Waals surface area (Å²) in [5, 5.41) is 9.83. The van der Waals surface area contributed by atoms with Gasteiger partial charge in [-0.15, -0.1) is 0 Å². The molecule has 3 aliphatic carbocycles. The average Bonchev–Trinajstić information content (AvgIpc) is 2.36. The Morgan fingerprint density at radius 3 is 2.38 bits per heavy atom. The number of aliphatic hydroxyl groups is 1. The lowest BCUT2D eigenvalue weighted by Gasteiger charge is -2.65. The molecule has 2 heteroatoms. The number of Topliss-reactive ketones (excluding diaryl/α,β-unsaturated/α-hetero) is 1. The molecule has 2 nitrogen and oxygen atoms in total. The molecule has 3 aliphatic rings. The largest absolute Gasteiger partial charge is 0.396 e. The number of aliphatic hydroxyl groups excluding tert-OH is 1. The van der Waals surface area contributed by atoms with Crippen molar-refractivity contribution in [1.29, 1.82) is 0 Å². The Morgan fingerprint density at radius 2 is 1.71 bits per heavy atom. The van der Waals surface area contributed by atoms with Crippen molar-refractivity contribution in [3.8, 4) is 0 Å². The fraction of sp³-hybridized carbons (Fsp3) is 0.947. The summed E-state index contributed by atoms with van der Waals surface area (Å²) in [6, 6.07) is 0. The van der Waals surface area contributed by atoms with Gasteiger partial charge in [0.05, 0.1) is 6.61 Å². The van der Waals surface area contributed by atoms with Crippen LogP contribution in [-0.4, -0.2) is 17.5 Å². The van der Waals surface area contributed by atoms with Crippen molar-refractivity contribution in [2.75, 3.05) is 6.61 Å². The topological polar surface area (TPSA) is 37.3 Å². The van der Waals surface area contributed by atoms with Gasteiger partial charge in [0.1, 0.15) is 5.78 Å². The Bertz CT molecular complexity index is 441. The SMILES string of the molecule is CC1(C)CCC[C@]2(C)[C@H]3CCC(=O)[C@H](CO)[C@]3(C)CC[C@@H]12. The van der Waals surface area contributed by atoms with E-state index < -0.39 is 0 Å². The van der Waals surface area contributed by atoms with Crippen LogP contribution in [0.4, 0.5) is 0 Å². The van der Waals surface area contributed by atoms with E-state index in [1.807, 2.05) is 0 Å². The van der Waals surface area contributed by atoms with E-state index in [4.69, 9.17) is 0 Å². The van der Waals surface area contributed by atoms with Gasteiger partial charge < -0.3 is 5.11 Å². The van der Waals surface area contributed by atoms with Crippen LogP contribution in [0.3, 0.4) is 0 Å². The molecule has 0 aliphatic heterocycles. The lowest BCUT2D eigenvalue weighted by molar-refractivity contribution is -0.175. The molecular formula is C19H32O2. The molecule has 3 fully saturated rings. The van der Waals surface area contributed by atoms with Crippen molar-refractivity contribution >= 4 is 5.78 Å². The quantitative estimate of drug-likeness (QED) is 0.786. The Balaban J connectivity index is 2.00. The van der Waals surface area contributed by atoms with Gasteiger partial charge in [0.2, 0.25) is 0 Å². The molecule has 0 aromatic heterocycles. The number of carbonyl (C=O) groups excluding carboxylic acids is 1. The third-order valence-corrected chi connectivity index (χ3v) is 7.89. The van der Waals surface area contributed by atoms with E-state index in [9.17, 15) is 9.90 Å². The van der Waals surface area contributed by atoms with E-state index in [1.165, 1.54) is 25.7 Å². The number of hydrogen-bond donors (Lipinski definition) is 1. The highest BCUT2D eigenvalue weighted by molar-refractivity contribution is 5.83. The van der Waals surface area contributed by atoms with Gasteiger partial charge in [0.15, 0.2) is 0 Å². The molecule has 0 unspecified atom stereocenters. The lowest BCUT2D eigenvalue weighted by atomic mass is 9.39. The van der Waals surface area contributed by atoms with Crippen molar-refractivity contribution in [1.82, 2.24) is 0 Å². The van der Waals surface area contributed by atoms with Crippen molar-refractivity contribution in [2.24, 2.45) is 34.0 Å². The molecule has 0 saturated heterocycles. The Labute approximate surface area is 129 Å². The minimum atomic E-state index is -0.112. The van der Waals surface area contributed by atoms with E-state index in [2.05, 4.69) is 27.7 Å². The maximum atomic E-state index is 12.3. The third kappa shape index (κ3) is 2.04. The Morgan fingerprint density at radius 1 is 1.00 bits per heavy atom. The second kappa shape index (κ2) is 4.81. The van der Waals surface area contributed by atoms with E-state index in [0.29, 0.717) is 29.0 Å². The molecule has 0 aromatic rings. The molecule has 21 heavy (non-hydrogen) atoms. The third-order valence-electron chi connectivity index (χ3n) is 7.89. The van der Waals surface area contributed by atoms with Crippen LogP contribution in [0.2, 0.25) is 0 Å². The fourth-order valence-electron chi connectivity index (χ4n) is 6.90. The smallest absolute Gasteiger partial charge is 0.138 e. The molecule has 0 spiro atoms. The minimum Gasteiger partial charge on any atom is -0.396 e. The molecule has 0 radical (unpaired) electrons. The molecule has 120 valence electrons. The monoisotopic (exact) mass is 292 g/mol. The van der Waals surface area contributed by atoms with Crippen molar-refractivity contribution in [3.05, 3.63) is 0 Å². The number of fused-ring (bicyclic) bond motifs is 3. The Hall–Kier alpha value is -0.370. The fourth-order valence-corrected chi connectivity index (χ4v) is 6.90. The first-order valence-electron chi connectivity index (χ1n) is 8.89. The first kappa shape index (κ1) is 15.5. The zero-order chi connectivity index (χ0) is 15.5. The first-order chi connectivity index (χ1) is 9.75. The van der Waals surface area contributed by atoms with Gasteiger partial charge in [0, 0.05) is 12.3 Å². The highest BCUT2D eigenvalue weighted by atomic mass is 16.3. The molecular weight excluding hydrogens is 260 g/mol. The lowest BCUT2D eigenvalue weighted by Crippen LogP contribution is -2.60. The Kier molecular flexibility index (Phi) is 3.56. The maximum absolute atomic E-state index is 12.3. The van der Waals surface area contributed by atoms with Crippen LogP contribution >= 0.6 is 0 Å². The van der Waals surface area contributed by atoms with Crippen LogP contribution in [0.1, 0.15) is 72.6 Å². The van der Waals surface area contributed by atoms with Gasteiger partial charge in [-0.1, -0.05) is 34.1 Å². The van der Waals surface area contributed by atoms with E-state index >= 15 is 0 Å². The highest BCUT2D eigenvalue weighted by Gasteiger charge is 2.61. The molecule has 5 atom stereocenters. The van der Waals surface area contributed by atoms with Crippen LogP contribution in [0.15, 0.2) is 0 Å². The standard InChI is InChI=1S/C19H32O2/c1-17(2)9-5-10-19(4)15(17)8-11-18(3)13(12-20)14(21)6-7-16(18)19/h13,15-16,20H,5-12H2,1-4H3/t13-,15-,16-,18-,19-/m0/s1. The molecule has 3 rings (SSSR count). The molecule has 0 heterocycles. The predicted molar refractivity (Wildman–Crippen MR) is 84.9 cm³/mol. The zero-order valence-corrected chi connectivity index (χ0v) is 14.2. The summed E-state index contributed by atoms with van der Waals surface area (Å²) in [7, 11) is 0. The van der Waals surface area contributed by atoms with Gasteiger partial charge in [-0.3, -0.25) is 4.79 Å². The number of rotatable bonds is 1. The van der Waals surface area contributed by atoms with Crippen LogP contribution < -0.4 is 0 Å². The second-order valence-corrected chi connectivity index (χ2v) is 9.24. The predicted octanol–water partition coefficient (Wildman–Crippen LogP) is 4.21. The molecule has 0 aromatic carbocycles. The van der Waals surface area contributed by atoms with E-state index in [0.717, 1.165) is 18.8 Å². The average molecular weight is 292 g/mol. The number of ketones is 1. The summed E-state index contributed by atoms with van der Waals surface area (Å²) < 4.78 is 0. The number of hydrogen-bond acceptors (Lipinski definition) is 2. The van der Waals surface area contributed by atoms with Gasteiger partial charge in [-0.2, -0.15) is 0 Å². The second-order valence-electron chi connectivity index (χ2n) is 9.24. The van der Waals surface area contributed by atoms with Crippen LogP contribution in [0.25, 0.3) is 0 Å². The first-order valence-corrected chi connectivity index (χ1v) is 8.89. The summed E-state index contributed by atoms with van der Waals surface area (Å²) in [6.45, 7) is 9.77. The van der Waals surface area contributed by atoms with Gasteiger partial charge in [-0.25, -0.2) is 0 Å². The molecule has 0 amide bonds. The molecule has 3 saturated carbocycles. The van der Waals surface area contributed by atoms with Crippen LogP contribution in [0, 0.1) is 34.0 Å². The maximum Gasteiger partial charge on any atom is 0.138 e. The van der Waals surface area contributed by atoms with Crippen molar-refractivity contribution in [2.45, 2.75) is 72.6 Å². The number of carbonyl (C=O) groups is 1. The van der Waals surface area contributed by atoms with Crippen LogP contribution in [-0.2, 0) is 4.79 Å². The van der Waals surface area contributed by atoms with Crippen molar-refractivity contribution < 1.29 is 9.90 Å². The van der Waals surface area contributed by atoms with E-state index in [1.54, 1.807) is 0 Å². The van der Waals surface area contributed by atoms with Gasteiger partial charge in [-0.05, 0) is 60.2 Å². The zero-order valence-electron chi connectivity index (χ0n) is 14.2. The van der Waals surface area contributed by atoms with Crippen LogP contribution in [0.5, 0.6) is 0 Å². The summed E-state index contributed by atoms with van der Waals surface area (Å²) >= 11 is 0. The van der Waals surface area contributed by atoms with Gasteiger partial charge >= 0.3 is 0 Å². The normalized spacial score (nSPS) is 49.4. The van der Waals surface area contributed by atoms with Crippen molar-refractivity contribution in [3.63, 3.8) is 0 Å². The summed E-state index contributed by atoms with van der Waals surface area (Å²) in [6.07, 6.45) is 8.08. The molecule has 1 N–H and O–H groups in total. The minimum absolute atomic E-state index is 0.0305. The molecule has 0 bridgehead atoms.